The van der Waals surface area contributed by atoms with Crippen LogP contribution in [0, 0.1) is 6.92 Å². The van der Waals surface area contributed by atoms with Crippen molar-refractivity contribution in [1.82, 2.24) is 0 Å². The van der Waals surface area contributed by atoms with Crippen LogP contribution in [0.2, 0.25) is 19.6 Å². The van der Waals surface area contributed by atoms with Crippen LogP contribution in [-0.4, -0.2) is 27.0 Å². The Labute approximate surface area is 109 Å². The van der Waals surface area contributed by atoms with E-state index in [2.05, 4.69) is 73.2 Å². The van der Waals surface area contributed by atoms with Crippen molar-refractivity contribution in [2.45, 2.75) is 26.6 Å². The van der Waals surface area contributed by atoms with Gasteiger partial charge in [0.05, 0.1) is 0 Å². The molecule has 0 aromatic heterocycles. The Morgan fingerprint density at radius 3 is 2.12 bits per heavy atom. The summed E-state index contributed by atoms with van der Waals surface area (Å²) in [6.45, 7) is 9.13. The Hall–Kier alpha value is -0.613. The Morgan fingerprint density at radius 1 is 1.06 bits per heavy atom. The number of anilines is 2. The molecular weight excluding hydrogens is 244 g/mol. The summed E-state index contributed by atoms with van der Waals surface area (Å²) < 4.78 is 3.59. The van der Waals surface area contributed by atoms with Crippen LogP contribution >= 0.6 is 10.2 Å². The summed E-state index contributed by atoms with van der Waals surface area (Å²) >= 11 is 0. The van der Waals surface area contributed by atoms with Crippen molar-refractivity contribution in [3.05, 3.63) is 23.8 Å². The topological polar surface area (TPSA) is 24.1 Å². The van der Waals surface area contributed by atoms with E-state index in [4.69, 9.17) is 0 Å². The zero-order valence-electron chi connectivity index (χ0n) is 12.1. The Balaban J connectivity index is 2.95. The second-order valence-corrected chi connectivity index (χ2v) is 15.0. The quantitative estimate of drug-likeness (QED) is 0.799. The highest BCUT2D eigenvalue weighted by Gasteiger charge is 2.14. The van der Waals surface area contributed by atoms with Gasteiger partial charge in [0.15, 0.2) is 0 Å². The summed E-state index contributed by atoms with van der Waals surface area (Å²) in [5.41, 5.74) is 3.82. The molecule has 17 heavy (non-hydrogen) atoms. The molecule has 1 aromatic carbocycles. The van der Waals surface area contributed by atoms with Gasteiger partial charge in [-0.2, -0.15) is 10.2 Å². The fourth-order valence-electron chi connectivity index (χ4n) is 1.58. The van der Waals surface area contributed by atoms with Crippen molar-refractivity contribution in [3.63, 3.8) is 0 Å². The minimum Gasteiger partial charge on any atom is -0.410 e. The largest absolute Gasteiger partial charge is 0.410 e. The number of hydrogen-bond donors (Lipinski definition) is 2. The molecule has 0 radical (unpaired) electrons. The number of hydrogen-bond acceptors (Lipinski definition) is 2. The summed E-state index contributed by atoms with van der Waals surface area (Å²) in [4.78, 5) is 3.68. The molecule has 0 aliphatic rings. The molecule has 0 atom stereocenters. The molecule has 1 aromatic rings. The van der Waals surface area contributed by atoms with Gasteiger partial charge in [-0.3, -0.25) is 0 Å². The third-order valence-corrected chi connectivity index (χ3v) is 4.04. The van der Waals surface area contributed by atoms with E-state index < -0.39 is 18.4 Å². The average molecular weight is 271 g/mol. The first-order valence-electron chi connectivity index (χ1n) is 5.92. The maximum atomic E-state index is 3.68. The van der Waals surface area contributed by atoms with Crippen LogP contribution in [0.5, 0.6) is 0 Å². The van der Waals surface area contributed by atoms with Crippen molar-refractivity contribution in [2.24, 2.45) is 0 Å². The van der Waals surface area contributed by atoms with Crippen LogP contribution in [0.3, 0.4) is 0 Å². The van der Waals surface area contributed by atoms with Gasteiger partial charge in [-0.15, -0.1) is 0 Å². The molecule has 0 unspecified atom stereocenters. The zero-order valence-corrected chi connectivity index (χ0v) is 14.0. The van der Waals surface area contributed by atoms with Gasteiger partial charge in [0.1, 0.15) is 8.24 Å². The summed E-state index contributed by atoms with van der Waals surface area (Å²) in [6, 6.07) is 6.60. The molecule has 1 rings (SSSR count). The van der Waals surface area contributed by atoms with Crippen LogP contribution in [0.25, 0.3) is 0 Å². The van der Waals surface area contributed by atoms with Crippen molar-refractivity contribution in [2.75, 3.05) is 28.5 Å². The highest BCUT2D eigenvalue weighted by Crippen LogP contribution is 2.36. The minimum absolute atomic E-state index is 0.717. The van der Waals surface area contributed by atoms with Crippen LogP contribution in [0.1, 0.15) is 5.56 Å². The minimum atomic E-state index is -1.28. The molecule has 0 saturated heterocycles. The van der Waals surface area contributed by atoms with Gasteiger partial charge in [-0.05, 0) is 43.4 Å². The summed E-state index contributed by atoms with van der Waals surface area (Å²) in [5, 5.41) is 0. The molecular formula is C13H26N2SSi. The second-order valence-electron chi connectivity index (χ2n) is 6.34. The molecule has 0 amide bonds. The molecule has 2 N–H and O–H groups in total. The normalized spacial score (nSPS) is 13.4. The van der Waals surface area contributed by atoms with Gasteiger partial charge in [0, 0.05) is 11.4 Å². The fraction of sp³-hybridized carbons (Fsp3) is 0.538. The van der Waals surface area contributed by atoms with E-state index >= 15 is 0 Å². The molecule has 0 fully saturated rings. The highest BCUT2D eigenvalue weighted by molar-refractivity contribution is 8.33. The molecule has 0 bridgehead atoms. The summed E-state index contributed by atoms with van der Waals surface area (Å²) in [5.74, 6) is 0. The molecule has 0 heterocycles. The van der Waals surface area contributed by atoms with Crippen LogP contribution in [0.4, 0.5) is 11.4 Å². The van der Waals surface area contributed by atoms with Gasteiger partial charge in [0.2, 0.25) is 0 Å². The number of rotatable bonds is 4. The molecule has 2 nitrogen and oxygen atoms in total. The Morgan fingerprint density at radius 2 is 1.65 bits per heavy atom. The van der Waals surface area contributed by atoms with Crippen LogP contribution in [-0.2, 0) is 0 Å². The molecule has 0 saturated carbocycles. The number of nitrogens with one attached hydrogen (secondary N) is 2. The lowest BCUT2D eigenvalue weighted by atomic mass is 10.2. The van der Waals surface area contributed by atoms with E-state index in [0.29, 0.717) is 0 Å². The third kappa shape index (κ3) is 5.50. The van der Waals surface area contributed by atoms with Gasteiger partial charge in [-0.1, -0.05) is 25.7 Å². The van der Waals surface area contributed by atoms with Gasteiger partial charge in [-0.25, -0.2) is 0 Å². The number of aryl methyl sites for hydroxylation is 1. The first-order valence-corrected chi connectivity index (χ1v) is 12.3. The SMILES string of the molecule is Cc1ccc(NS(C)(C)C)cc1N[Si](C)(C)C. The first kappa shape index (κ1) is 14.4. The zero-order chi connectivity index (χ0) is 13.3. The van der Waals surface area contributed by atoms with Crippen LogP contribution in [0.15, 0.2) is 18.2 Å². The molecule has 0 aliphatic carbocycles. The molecule has 4 heteroatoms. The monoisotopic (exact) mass is 270 g/mol. The van der Waals surface area contributed by atoms with Crippen molar-refractivity contribution >= 4 is 29.8 Å². The smallest absolute Gasteiger partial charge is 0.144 e. The molecule has 0 aliphatic heterocycles. The summed E-state index contributed by atoms with van der Waals surface area (Å²) in [6.07, 6.45) is 6.79. The molecule has 0 spiro atoms. The second kappa shape index (κ2) is 4.94. The van der Waals surface area contributed by atoms with Gasteiger partial charge in [0.25, 0.3) is 0 Å². The Bertz CT molecular complexity index is 391. The van der Waals surface area contributed by atoms with Crippen molar-refractivity contribution in [3.8, 4) is 0 Å². The maximum absolute atomic E-state index is 3.68. The maximum Gasteiger partial charge on any atom is 0.144 e. The van der Waals surface area contributed by atoms with Crippen molar-refractivity contribution in [1.29, 1.82) is 0 Å². The number of benzene rings is 1. The predicted octanol–water partition coefficient (Wildman–Crippen LogP) is 4.26. The molecule has 98 valence electrons. The fourth-order valence-corrected chi connectivity index (χ4v) is 3.49. The van der Waals surface area contributed by atoms with E-state index in [1.54, 1.807) is 0 Å². The van der Waals surface area contributed by atoms with E-state index in [1.165, 1.54) is 16.9 Å². The predicted molar refractivity (Wildman–Crippen MR) is 87.1 cm³/mol. The van der Waals surface area contributed by atoms with Gasteiger partial charge >= 0.3 is 0 Å². The standard InChI is InChI=1S/C13H26N2SSi/c1-11-8-9-12(14-16(2,3)4)10-13(11)15-17(5,6)7/h8-10,14-15H,1-7H3. The van der Waals surface area contributed by atoms with E-state index in [-0.39, 0.29) is 0 Å². The Kier molecular flexibility index (Phi) is 4.20. The lowest BCUT2D eigenvalue weighted by Gasteiger charge is -2.29. The lowest BCUT2D eigenvalue weighted by Crippen LogP contribution is -2.32. The van der Waals surface area contributed by atoms with E-state index in [1.807, 2.05) is 0 Å². The third-order valence-electron chi connectivity index (χ3n) is 2.17. The van der Waals surface area contributed by atoms with Gasteiger partial charge < -0.3 is 9.70 Å². The van der Waals surface area contributed by atoms with E-state index in [0.717, 1.165) is 0 Å². The van der Waals surface area contributed by atoms with E-state index in [9.17, 15) is 0 Å². The lowest BCUT2D eigenvalue weighted by molar-refractivity contribution is 1.44. The summed E-state index contributed by atoms with van der Waals surface area (Å²) in [7, 11) is -2.00. The average Bonchev–Trinajstić information content (AvgIpc) is 2.05. The highest BCUT2D eigenvalue weighted by atomic mass is 32.3. The first-order chi connectivity index (χ1) is 7.57. The van der Waals surface area contributed by atoms with Crippen LogP contribution < -0.4 is 9.70 Å². The van der Waals surface area contributed by atoms with Crippen molar-refractivity contribution < 1.29 is 0 Å².